The molecule has 2 N–H and O–H groups in total. The van der Waals surface area contributed by atoms with Crippen LogP contribution in [0.3, 0.4) is 0 Å². The molecule has 2 unspecified atom stereocenters. The zero-order chi connectivity index (χ0) is 13.2. The number of anilines is 1. The Morgan fingerprint density at radius 1 is 1.56 bits per heavy atom. The van der Waals surface area contributed by atoms with Crippen LogP contribution in [0, 0.1) is 12.8 Å². The van der Waals surface area contributed by atoms with Crippen molar-refractivity contribution >= 4 is 17.4 Å². The minimum absolute atomic E-state index is 0.123. The van der Waals surface area contributed by atoms with Crippen LogP contribution in [0.25, 0.3) is 0 Å². The molecule has 5 heteroatoms. The Hall–Kier alpha value is -0.870. The Labute approximate surface area is 113 Å². The Balaban J connectivity index is 2.18. The third kappa shape index (κ3) is 3.12. The van der Waals surface area contributed by atoms with E-state index in [-0.39, 0.29) is 12.1 Å². The molecular weight excluding hydrogens is 250 g/mol. The molecule has 0 saturated heterocycles. The first-order valence-electron chi connectivity index (χ1n) is 6.43. The van der Waals surface area contributed by atoms with Crippen LogP contribution in [0.15, 0.2) is 6.07 Å². The van der Waals surface area contributed by atoms with Crippen molar-refractivity contribution in [1.29, 1.82) is 0 Å². The lowest BCUT2D eigenvalue weighted by molar-refractivity contribution is 0.149. The molecule has 0 amide bonds. The van der Waals surface area contributed by atoms with Crippen molar-refractivity contribution in [2.24, 2.45) is 5.92 Å². The van der Waals surface area contributed by atoms with E-state index in [0.717, 1.165) is 19.3 Å². The normalized spacial score (nSPS) is 28.1. The van der Waals surface area contributed by atoms with Gasteiger partial charge in [-0.25, -0.2) is 9.97 Å². The van der Waals surface area contributed by atoms with Gasteiger partial charge in [0.1, 0.15) is 16.8 Å². The second kappa shape index (κ2) is 5.41. The summed E-state index contributed by atoms with van der Waals surface area (Å²) in [5.41, 5.74) is -0.262. The van der Waals surface area contributed by atoms with E-state index in [1.165, 1.54) is 6.42 Å². The second-order valence-corrected chi connectivity index (χ2v) is 5.78. The number of hydrogen-bond donors (Lipinski definition) is 2. The fourth-order valence-corrected chi connectivity index (χ4v) is 3.05. The highest BCUT2D eigenvalue weighted by atomic mass is 35.5. The summed E-state index contributed by atoms with van der Waals surface area (Å²) in [6, 6.07) is 1.71. The van der Waals surface area contributed by atoms with Gasteiger partial charge in [0.25, 0.3) is 0 Å². The van der Waals surface area contributed by atoms with E-state index in [1.54, 1.807) is 6.07 Å². The summed E-state index contributed by atoms with van der Waals surface area (Å²) in [4.78, 5) is 8.37. The molecule has 1 fully saturated rings. The number of aliphatic hydroxyl groups excluding tert-OH is 1. The molecule has 4 nitrogen and oxygen atoms in total. The summed E-state index contributed by atoms with van der Waals surface area (Å²) >= 11 is 5.93. The molecule has 1 aromatic rings. The van der Waals surface area contributed by atoms with Crippen LogP contribution < -0.4 is 5.32 Å². The highest BCUT2D eigenvalue weighted by Crippen LogP contribution is 2.34. The molecule has 1 saturated carbocycles. The number of aryl methyl sites for hydroxylation is 1. The maximum atomic E-state index is 9.72. The van der Waals surface area contributed by atoms with Crippen molar-refractivity contribution in [2.45, 2.75) is 45.1 Å². The van der Waals surface area contributed by atoms with Crippen molar-refractivity contribution in [1.82, 2.24) is 9.97 Å². The van der Waals surface area contributed by atoms with Gasteiger partial charge in [0.05, 0.1) is 12.1 Å². The molecular formula is C13H20ClN3O. The Kier molecular flexibility index (Phi) is 4.07. The summed E-state index contributed by atoms with van der Waals surface area (Å²) in [5.74, 6) is 1.97. The smallest absolute Gasteiger partial charge is 0.134 e. The fraction of sp³-hybridized carbons (Fsp3) is 0.692. The standard InChI is InChI=1S/C13H20ClN3O/c1-9-4-3-5-13(7-9,8-18)17-12-6-11(14)15-10(2)16-12/h6,9,18H,3-5,7-8H2,1-2H3,(H,15,16,17). The van der Waals surface area contributed by atoms with Gasteiger partial charge < -0.3 is 10.4 Å². The number of hydrogen-bond acceptors (Lipinski definition) is 4. The van der Waals surface area contributed by atoms with Crippen LogP contribution in [-0.4, -0.2) is 27.2 Å². The van der Waals surface area contributed by atoms with Crippen molar-refractivity contribution in [3.05, 3.63) is 17.0 Å². The van der Waals surface area contributed by atoms with Crippen LogP contribution in [-0.2, 0) is 0 Å². The number of nitrogens with one attached hydrogen (secondary N) is 1. The summed E-state index contributed by atoms with van der Waals surface area (Å²) in [5, 5.41) is 13.5. The van der Waals surface area contributed by atoms with E-state index in [9.17, 15) is 5.11 Å². The van der Waals surface area contributed by atoms with Crippen molar-refractivity contribution in [2.75, 3.05) is 11.9 Å². The number of aromatic nitrogens is 2. The largest absolute Gasteiger partial charge is 0.394 e. The number of halogens is 1. The predicted molar refractivity (Wildman–Crippen MR) is 72.9 cm³/mol. The molecule has 0 aromatic carbocycles. The van der Waals surface area contributed by atoms with Crippen LogP contribution in [0.2, 0.25) is 5.15 Å². The van der Waals surface area contributed by atoms with Crippen LogP contribution in [0.1, 0.15) is 38.4 Å². The maximum Gasteiger partial charge on any atom is 0.134 e. The lowest BCUT2D eigenvalue weighted by Crippen LogP contribution is -2.46. The summed E-state index contributed by atoms with van der Waals surface area (Å²) in [7, 11) is 0. The third-order valence-corrected chi connectivity index (χ3v) is 3.79. The van der Waals surface area contributed by atoms with Gasteiger partial charge in [-0.3, -0.25) is 0 Å². The molecule has 0 aliphatic heterocycles. The highest BCUT2D eigenvalue weighted by molar-refractivity contribution is 6.29. The van der Waals surface area contributed by atoms with E-state index in [4.69, 9.17) is 11.6 Å². The first-order valence-corrected chi connectivity index (χ1v) is 6.81. The molecule has 18 heavy (non-hydrogen) atoms. The quantitative estimate of drug-likeness (QED) is 0.829. The minimum Gasteiger partial charge on any atom is -0.394 e. The molecule has 1 aromatic heterocycles. The fourth-order valence-electron chi connectivity index (χ4n) is 2.82. The maximum absolute atomic E-state index is 9.72. The van der Waals surface area contributed by atoms with Crippen molar-refractivity contribution in [3.8, 4) is 0 Å². The predicted octanol–water partition coefficient (Wildman–Crippen LogP) is 2.79. The van der Waals surface area contributed by atoms with E-state index in [2.05, 4.69) is 22.2 Å². The average Bonchev–Trinajstić information content (AvgIpc) is 2.27. The number of rotatable bonds is 3. The highest BCUT2D eigenvalue weighted by Gasteiger charge is 2.34. The van der Waals surface area contributed by atoms with Crippen molar-refractivity contribution < 1.29 is 5.11 Å². The van der Waals surface area contributed by atoms with E-state index in [1.807, 2.05) is 6.92 Å². The lowest BCUT2D eigenvalue weighted by Gasteiger charge is -2.39. The Bertz CT molecular complexity index is 406. The van der Waals surface area contributed by atoms with E-state index >= 15 is 0 Å². The minimum atomic E-state index is -0.262. The molecule has 0 radical (unpaired) electrons. The Morgan fingerprint density at radius 3 is 2.94 bits per heavy atom. The topological polar surface area (TPSA) is 58.0 Å². The SMILES string of the molecule is Cc1nc(Cl)cc(NC2(CO)CCCC(C)C2)n1. The van der Waals surface area contributed by atoms with E-state index in [0.29, 0.717) is 22.7 Å². The van der Waals surface area contributed by atoms with Gasteiger partial charge in [-0.05, 0) is 25.7 Å². The molecule has 0 spiro atoms. The van der Waals surface area contributed by atoms with Gasteiger partial charge in [-0.1, -0.05) is 31.4 Å². The van der Waals surface area contributed by atoms with Gasteiger partial charge in [0.2, 0.25) is 0 Å². The third-order valence-electron chi connectivity index (χ3n) is 3.59. The molecule has 100 valence electrons. The first-order chi connectivity index (χ1) is 8.53. The summed E-state index contributed by atoms with van der Waals surface area (Å²) in [6.07, 6.45) is 4.29. The van der Waals surface area contributed by atoms with Gasteiger partial charge in [-0.15, -0.1) is 0 Å². The molecule has 2 atom stereocenters. The van der Waals surface area contributed by atoms with Gasteiger partial charge in [-0.2, -0.15) is 0 Å². The molecule has 2 rings (SSSR count). The molecule has 1 aliphatic carbocycles. The average molecular weight is 270 g/mol. The molecule has 1 heterocycles. The van der Waals surface area contributed by atoms with E-state index < -0.39 is 0 Å². The van der Waals surface area contributed by atoms with Crippen LogP contribution in [0.4, 0.5) is 5.82 Å². The lowest BCUT2D eigenvalue weighted by atomic mass is 9.77. The zero-order valence-electron chi connectivity index (χ0n) is 10.9. The second-order valence-electron chi connectivity index (χ2n) is 5.39. The zero-order valence-corrected chi connectivity index (χ0v) is 11.7. The molecule has 0 bridgehead atoms. The van der Waals surface area contributed by atoms with Crippen LogP contribution in [0.5, 0.6) is 0 Å². The van der Waals surface area contributed by atoms with Gasteiger partial charge in [0, 0.05) is 6.07 Å². The van der Waals surface area contributed by atoms with Crippen molar-refractivity contribution in [3.63, 3.8) is 0 Å². The Morgan fingerprint density at radius 2 is 2.33 bits per heavy atom. The summed E-state index contributed by atoms with van der Waals surface area (Å²) in [6.45, 7) is 4.16. The van der Waals surface area contributed by atoms with Gasteiger partial charge in [0.15, 0.2) is 0 Å². The molecule has 1 aliphatic rings. The number of aliphatic hydroxyl groups is 1. The number of nitrogens with zero attached hydrogens (tertiary/aromatic N) is 2. The van der Waals surface area contributed by atoms with Gasteiger partial charge >= 0.3 is 0 Å². The summed E-state index contributed by atoms with van der Waals surface area (Å²) < 4.78 is 0. The van der Waals surface area contributed by atoms with Crippen LogP contribution >= 0.6 is 11.6 Å². The first kappa shape index (κ1) is 13.6. The monoisotopic (exact) mass is 269 g/mol.